The molecule has 1 aliphatic heterocycles. The van der Waals surface area contributed by atoms with E-state index in [2.05, 4.69) is 48.5 Å². The molecular weight excluding hydrogens is 236 g/mol. The summed E-state index contributed by atoms with van der Waals surface area (Å²) in [6.07, 6.45) is 2.61. The van der Waals surface area contributed by atoms with Crippen molar-refractivity contribution in [2.75, 3.05) is 33.3 Å². The second-order valence-corrected chi connectivity index (χ2v) is 5.39. The quantitative estimate of drug-likeness (QED) is 0.849. The number of nitrogens with one attached hydrogen (secondary N) is 1. The number of nitrogens with zero attached hydrogens (tertiary/aromatic N) is 1. The number of ether oxygens (including phenoxy) is 1. The summed E-state index contributed by atoms with van der Waals surface area (Å²) in [5.74, 6) is 0. The molecule has 0 aliphatic carbocycles. The van der Waals surface area contributed by atoms with Crippen LogP contribution >= 0.6 is 0 Å². The van der Waals surface area contributed by atoms with Crippen LogP contribution < -0.4 is 5.32 Å². The lowest BCUT2D eigenvalue weighted by atomic mass is 10.1. The number of morpholine rings is 1. The summed E-state index contributed by atoms with van der Waals surface area (Å²) in [4.78, 5) is 2.37. The Bertz CT molecular complexity index is 358. The zero-order chi connectivity index (χ0) is 13.5. The molecule has 1 atom stereocenters. The smallest absolute Gasteiger partial charge is 0.0712 e. The van der Waals surface area contributed by atoms with E-state index in [0.717, 1.165) is 45.6 Å². The van der Waals surface area contributed by atoms with Crippen molar-refractivity contribution in [3.8, 4) is 0 Å². The molecule has 1 aromatic carbocycles. The molecule has 0 radical (unpaired) electrons. The van der Waals surface area contributed by atoms with Crippen molar-refractivity contribution >= 4 is 0 Å². The van der Waals surface area contributed by atoms with E-state index in [1.54, 1.807) is 0 Å². The predicted molar refractivity (Wildman–Crippen MR) is 79.4 cm³/mol. The second-order valence-electron chi connectivity index (χ2n) is 5.39. The third-order valence-corrected chi connectivity index (χ3v) is 3.72. The SMILES string of the molecule is CCc1ccc(CN(C)CCC2CNCCO2)cc1. The zero-order valence-electron chi connectivity index (χ0n) is 12.2. The van der Waals surface area contributed by atoms with E-state index >= 15 is 0 Å². The summed E-state index contributed by atoms with van der Waals surface area (Å²) in [5.41, 5.74) is 2.80. The van der Waals surface area contributed by atoms with Crippen LogP contribution in [0.1, 0.15) is 24.5 Å². The highest BCUT2D eigenvalue weighted by molar-refractivity contribution is 5.22. The van der Waals surface area contributed by atoms with Crippen LogP contribution in [0.25, 0.3) is 0 Å². The molecule has 1 heterocycles. The summed E-state index contributed by atoms with van der Waals surface area (Å²) in [6.45, 7) is 7.15. The summed E-state index contributed by atoms with van der Waals surface area (Å²) >= 11 is 0. The number of hydrogen-bond donors (Lipinski definition) is 1. The van der Waals surface area contributed by atoms with E-state index in [9.17, 15) is 0 Å². The van der Waals surface area contributed by atoms with Crippen molar-refractivity contribution in [1.82, 2.24) is 10.2 Å². The Labute approximate surface area is 116 Å². The van der Waals surface area contributed by atoms with Crippen LogP contribution in [0.3, 0.4) is 0 Å². The fourth-order valence-corrected chi connectivity index (χ4v) is 2.44. The molecule has 0 amide bonds. The number of benzene rings is 1. The van der Waals surface area contributed by atoms with Crippen molar-refractivity contribution in [3.05, 3.63) is 35.4 Å². The van der Waals surface area contributed by atoms with E-state index < -0.39 is 0 Å². The Kier molecular flexibility index (Phi) is 5.83. The molecule has 0 bridgehead atoms. The van der Waals surface area contributed by atoms with Gasteiger partial charge in [0, 0.05) is 26.2 Å². The average Bonchev–Trinajstić information content (AvgIpc) is 2.47. The van der Waals surface area contributed by atoms with Crippen LogP contribution in [-0.4, -0.2) is 44.3 Å². The summed E-state index contributed by atoms with van der Waals surface area (Å²) in [7, 11) is 2.18. The lowest BCUT2D eigenvalue weighted by Gasteiger charge is -2.26. The third kappa shape index (κ3) is 4.94. The van der Waals surface area contributed by atoms with E-state index in [-0.39, 0.29) is 0 Å². The molecule has 0 spiro atoms. The first-order chi connectivity index (χ1) is 9.28. The maximum absolute atomic E-state index is 5.72. The standard InChI is InChI=1S/C16H26N2O/c1-3-14-4-6-15(7-5-14)13-18(2)10-8-16-12-17-9-11-19-16/h4-7,16-17H,3,8-13H2,1-2H3. The molecular formula is C16H26N2O. The lowest BCUT2D eigenvalue weighted by molar-refractivity contribution is 0.0184. The molecule has 106 valence electrons. The fraction of sp³-hybridized carbons (Fsp3) is 0.625. The van der Waals surface area contributed by atoms with Crippen LogP contribution in [0.15, 0.2) is 24.3 Å². The van der Waals surface area contributed by atoms with Gasteiger partial charge in [0.1, 0.15) is 0 Å². The van der Waals surface area contributed by atoms with E-state index in [0.29, 0.717) is 6.10 Å². The van der Waals surface area contributed by atoms with Crippen molar-refractivity contribution in [1.29, 1.82) is 0 Å². The topological polar surface area (TPSA) is 24.5 Å². The molecule has 1 unspecified atom stereocenters. The lowest BCUT2D eigenvalue weighted by Crippen LogP contribution is -2.40. The van der Waals surface area contributed by atoms with Crippen molar-refractivity contribution in [3.63, 3.8) is 0 Å². The highest BCUT2D eigenvalue weighted by atomic mass is 16.5. The number of rotatable bonds is 6. The Morgan fingerprint density at radius 1 is 1.26 bits per heavy atom. The molecule has 1 saturated heterocycles. The van der Waals surface area contributed by atoms with Crippen LogP contribution in [-0.2, 0) is 17.7 Å². The van der Waals surface area contributed by atoms with Crippen LogP contribution in [0.5, 0.6) is 0 Å². The molecule has 3 nitrogen and oxygen atoms in total. The maximum Gasteiger partial charge on any atom is 0.0712 e. The van der Waals surface area contributed by atoms with Crippen LogP contribution in [0.2, 0.25) is 0 Å². The predicted octanol–water partition coefficient (Wildman–Crippen LogP) is 2.06. The molecule has 1 N–H and O–H groups in total. The molecule has 19 heavy (non-hydrogen) atoms. The van der Waals surface area contributed by atoms with Gasteiger partial charge in [-0.15, -0.1) is 0 Å². The van der Waals surface area contributed by atoms with E-state index in [4.69, 9.17) is 4.74 Å². The van der Waals surface area contributed by atoms with Crippen molar-refractivity contribution < 1.29 is 4.74 Å². The molecule has 1 aliphatic rings. The van der Waals surface area contributed by atoms with Gasteiger partial charge in [-0.3, -0.25) is 0 Å². The monoisotopic (exact) mass is 262 g/mol. The largest absolute Gasteiger partial charge is 0.376 e. The maximum atomic E-state index is 5.72. The third-order valence-electron chi connectivity index (χ3n) is 3.72. The van der Waals surface area contributed by atoms with E-state index in [1.165, 1.54) is 11.1 Å². The Balaban J connectivity index is 1.71. The van der Waals surface area contributed by atoms with Gasteiger partial charge in [-0.2, -0.15) is 0 Å². The minimum absolute atomic E-state index is 0.388. The van der Waals surface area contributed by atoms with Gasteiger partial charge < -0.3 is 15.0 Å². The zero-order valence-corrected chi connectivity index (χ0v) is 12.2. The highest BCUT2D eigenvalue weighted by Gasteiger charge is 2.13. The first-order valence-electron chi connectivity index (χ1n) is 7.36. The molecule has 3 heteroatoms. The minimum Gasteiger partial charge on any atom is -0.376 e. The van der Waals surface area contributed by atoms with Crippen LogP contribution in [0, 0.1) is 0 Å². The summed E-state index contributed by atoms with van der Waals surface area (Å²) in [5, 5.41) is 3.38. The Hall–Kier alpha value is -0.900. The Morgan fingerprint density at radius 3 is 2.63 bits per heavy atom. The van der Waals surface area contributed by atoms with Gasteiger partial charge in [-0.1, -0.05) is 31.2 Å². The van der Waals surface area contributed by atoms with Crippen LogP contribution in [0.4, 0.5) is 0 Å². The molecule has 0 aromatic heterocycles. The minimum atomic E-state index is 0.388. The van der Waals surface area contributed by atoms with Gasteiger partial charge in [0.25, 0.3) is 0 Å². The Morgan fingerprint density at radius 2 is 2.00 bits per heavy atom. The first kappa shape index (κ1) is 14.5. The van der Waals surface area contributed by atoms with Crippen molar-refractivity contribution in [2.45, 2.75) is 32.4 Å². The molecule has 1 aromatic rings. The van der Waals surface area contributed by atoms with E-state index in [1.807, 2.05) is 0 Å². The van der Waals surface area contributed by atoms with Crippen molar-refractivity contribution in [2.24, 2.45) is 0 Å². The molecule has 0 saturated carbocycles. The number of hydrogen-bond acceptors (Lipinski definition) is 3. The van der Waals surface area contributed by atoms with Gasteiger partial charge in [0.2, 0.25) is 0 Å². The summed E-state index contributed by atoms with van der Waals surface area (Å²) < 4.78 is 5.72. The van der Waals surface area contributed by atoms with Gasteiger partial charge >= 0.3 is 0 Å². The second kappa shape index (κ2) is 7.63. The molecule has 1 fully saturated rings. The normalized spacial score (nSPS) is 19.8. The summed E-state index contributed by atoms with van der Waals surface area (Å²) in [6, 6.07) is 8.96. The highest BCUT2D eigenvalue weighted by Crippen LogP contribution is 2.09. The first-order valence-corrected chi connectivity index (χ1v) is 7.36. The number of aryl methyl sites for hydroxylation is 1. The van der Waals surface area contributed by atoms with Gasteiger partial charge in [-0.25, -0.2) is 0 Å². The van der Waals surface area contributed by atoms with Gasteiger partial charge in [0.15, 0.2) is 0 Å². The van der Waals surface area contributed by atoms with Gasteiger partial charge in [-0.05, 0) is 31.0 Å². The fourth-order valence-electron chi connectivity index (χ4n) is 2.44. The average molecular weight is 262 g/mol. The van der Waals surface area contributed by atoms with Gasteiger partial charge in [0.05, 0.1) is 12.7 Å². The molecule has 2 rings (SSSR count).